The van der Waals surface area contributed by atoms with Crippen molar-refractivity contribution < 1.29 is 0 Å². The molecule has 0 atom stereocenters. The monoisotopic (exact) mass is 432 g/mol. The lowest BCUT2D eigenvalue weighted by Gasteiger charge is -2.07. The molecule has 0 aliphatic carbocycles. The van der Waals surface area contributed by atoms with Gasteiger partial charge in [0.2, 0.25) is 0 Å². The fourth-order valence-electron chi connectivity index (χ4n) is 3.48. The number of benzene rings is 2. The SMILES string of the molecule is Cc1c(Cc2c[nH]c3cccc(C)c23)n(SI)c2ccccc12. The maximum atomic E-state index is 3.42. The Balaban J connectivity index is 1.91. The van der Waals surface area contributed by atoms with Crippen LogP contribution >= 0.6 is 30.3 Å². The first-order valence-corrected chi connectivity index (χ1v) is 11.0. The van der Waals surface area contributed by atoms with E-state index in [1.165, 1.54) is 44.2 Å². The largest absolute Gasteiger partial charge is 0.361 e. The van der Waals surface area contributed by atoms with Gasteiger partial charge in [0, 0.05) is 64.9 Å². The summed E-state index contributed by atoms with van der Waals surface area (Å²) in [7, 11) is 1.75. The van der Waals surface area contributed by atoms with Gasteiger partial charge in [0.25, 0.3) is 0 Å². The maximum absolute atomic E-state index is 3.42. The lowest BCUT2D eigenvalue weighted by Crippen LogP contribution is -1.96. The van der Waals surface area contributed by atoms with Crippen molar-refractivity contribution in [1.29, 1.82) is 0 Å². The summed E-state index contributed by atoms with van der Waals surface area (Å²) in [5.74, 6) is 0. The highest BCUT2D eigenvalue weighted by Crippen LogP contribution is 2.34. The topological polar surface area (TPSA) is 20.7 Å². The molecule has 2 aromatic carbocycles. The Morgan fingerprint density at radius 2 is 1.91 bits per heavy atom. The number of rotatable bonds is 3. The van der Waals surface area contributed by atoms with Crippen LogP contribution in [0.5, 0.6) is 0 Å². The summed E-state index contributed by atoms with van der Waals surface area (Å²) in [4.78, 5) is 3.42. The highest BCUT2D eigenvalue weighted by Gasteiger charge is 2.16. The molecular weight excluding hydrogens is 415 g/mol. The van der Waals surface area contributed by atoms with Crippen LogP contribution in [0, 0.1) is 13.8 Å². The maximum Gasteiger partial charge on any atom is 0.0604 e. The van der Waals surface area contributed by atoms with Crippen molar-refractivity contribution in [3.8, 4) is 0 Å². The number of aromatic amines is 1. The lowest BCUT2D eigenvalue weighted by atomic mass is 10.0. The summed E-state index contributed by atoms with van der Waals surface area (Å²) in [6, 6.07) is 15.1. The van der Waals surface area contributed by atoms with Crippen LogP contribution in [0.15, 0.2) is 48.7 Å². The van der Waals surface area contributed by atoms with Crippen molar-refractivity contribution in [1.82, 2.24) is 8.96 Å². The number of halogens is 1. The molecule has 0 aliphatic rings. The fraction of sp³-hybridized carbons (Fsp3) is 0.158. The zero-order chi connectivity index (χ0) is 16.0. The van der Waals surface area contributed by atoms with Crippen LogP contribution in [0.25, 0.3) is 21.8 Å². The summed E-state index contributed by atoms with van der Waals surface area (Å²) in [5, 5.41) is 2.71. The molecule has 116 valence electrons. The fourth-order valence-corrected chi connectivity index (χ4v) is 5.34. The van der Waals surface area contributed by atoms with Gasteiger partial charge in [-0.2, -0.15) is 0 Å². The van der Waals surface area contributed by atoms with E-state index in [2.05, 4.69) is 92.7 Å². The molecule has 2 heterocycles. The number of aromatic nitrogens is 2. The van der Waals surface area contributed by atoms with E-state index in [0.29, 0.717) is 0 Å². The number of fused-ring (bicyclic) bond motifs is 2. The molecule has 4 rings (SSSR count). The van der Waals surface area contributed by atoms with Crippen LogP contribution < -0.4 is 0 Å². The predicted octanol–water partition coefficient (Wildman–Crippen LogP) is 6.18. The van der Waals surface area contributed by atoms with Gasteiger partial charge in [-0.25, -0.2) is 0 Å². The summed E-state index contributed by atoms with van der Waals surface area (Å²) in [5.41, 5.74) is 8.00. The molecular formula is C19H17IN2S. The van der Waals surface area contributed by atoms with Crippen LogP contribution in [-0.2, 0) is 6.42 Å². The van der Waals surface area contributed by atoms with E-state index in [1.807, 2.05) is 0 Å². The van der Waals surface area contributed by atoms with Crippen LogP contribution in [0.1, 0.15) is 22.4 Å². The minimum absolute atomic E-state index is 0.946. The summed E-state index contributed by atoms with van der Waals surface area (Å²) in [6.45, 7) is 4.43. The second-order valence-corrected chi connectivity index (χ2v) is 7.63. The molecule has 0 amide bonds. The minimum Gasteiger partial charge on any atom is -0.361 e. The number of hydrogen-bond acceptors (Lipinski definition) is 1. The van der Waals surface area contributed by atoms with Crippen molar-refractivity contribution in [2.24, 2.45) is 0 Å². The van der Waals surface area contributed by atoms with E-state index < -0.39 is 0 Å². The van der Waals surface area contributed by atoms with Gasteiger partial charge in [-0.05, 0) is 42.7 Å². The smallest absolute Gasteiger partial charge is 0.0604 e. The van der Waals surface area contributed by atoms with Crippen molar-refractivity contribution in [2.75, 3.05) is 0 Å². The average Bonchev–Trinajstić information content (AvgIpc) is 3.09. The van der Waals surface area contributed by atoms with E-state index in [9.17, 15) is 0 Å². The van der Waals surface area contributed by atoms with E-state index in [0.717, 1.165) is 6.42 Å². The summed E-state index contributed by atoms with van der Waals surface area (Å²) < 4.78 is 2.36. The molecule has 0 bridgehead atoms. The van der Waals surface area contributed by atoms with Crippen molar-refractivity contribution >= 4 is 52.1 Å². The average molecular weight is 432 g/mol. The first kappa shape index (κ1) is 15.1. The Labute approximate surface area is 152 Å². The Bertz CT molecular complexity index is 1010. The van der Waals surface area contributed by atoms with Gasteiger partial charge in [0.05, 0.1) is 5.52 Å². The molecule has 0 fully saturated rings. The number of para-hydroxylation sites is 1. The van der Waals surface area contributed by atoms with Crippen molar-refractivity contribution in [2.45, 2.75) is 20.3 Å². The van der Waals surface area contributed by atoms with Crippen LogP contribution in [0.4, 0.5) is 0 Å². The van der Waals surface area contributed by atoms with Gasteiger partial charge < -0.3 is 4.98 Å². The van der Waals surface area contributed by atoms with Crippen LogP contribution in [-0.4, -0.2) is 8.96 Å². The molecule has 4 aromatic rings. The lowest BCUT2D eigenvalue weighted by molar-refractivity contribution is 1.07. The molecule has 1 N–H and O–H groups in total. The number of aryl methyl sites for hydroxylation is 2. The van der Waals surface area contributed by atoms with Gasteiger partial charge in [-0.15, -0.1) is 0 Å². The standard InChI is InChI=1S/C19H17IN2S/c1-12-6-5-8-16-19(12)14(11-21-16)10-18-13(2)15-7-3-4-9-17(15)22(18)23-20/h3-9,11,21H,10H2,1-2H3. The normalized spacial score (nSPS) is 11.6. The molecule has 0 radical (unpaired) electrons. The van der Waals surface area contributed by atoms with Crippen molar-refractivity contribution in [3.05, 3.63) is 71.0 Å². The number of hydrogen-bond donors (Lipinski definition) is 1. The number of H-pyrrole nitrogens is 1. The zero-order valence-electron chi connectivity index (χ0n) is 13.1. The first-order valence-electron chi connectivity index (χ1n) is 7.64. The molecule has 0 spiro atoms. The Morgan fingerprint density at radius 1 is 1.09 bits per heavy atom. The molecule has 23 heavy (non-hydrogen) atoms. The molecule has 2 aromatic heterocycles. The second kappa shape index (κ2) is 5.91. The van der Waals surface area contributed by atoms with Crippen LogP contribution in [0.3, 0.4) is 0 Å². The Morgan fingerprint density at radius 3 is 2.74 bits per heavy atom. The third kappa shape index (κ3) is 2.39. The molecule has 4 heteroatoms. The first-order chi connectivity index (χ1) is 11.2. The molecule has 0 saturated carbocycles. The van der Waals surface area contributed by atoms with Gasteiger partial charge in [-0.3, -0.25) is 3.97 Å². The molecule has 0 aliphatic heterocycles. The summed E-state index contributed by atoms with van der Waals surface area (Å²) >= 11 is 2.38. The third-order valence-corrected chi connectivity index (χ3v) is 6.36. The molecule has 2 nitrogen and oxygen atoms in total. The number of nitrogens with zero attached hydrogens (tertiary/aromatic N) is 1. The predicted molar refractivity (Wildman–Crippen MR) is 110 cm³/mol. The molecule has 0 unspecified atom stereocenters. The van der Waals surface area contributed by atoms with E-state index in [-0.39, 0.29) is 0 Å². The third-order valence-electron chi connectivity index (χ3n) is 4.63. The number of nitrogens with one attached hydrogen (secondary N) is 1. The minimum atomic E-state index is 0.946. The van der Waals surface area contributed by atoms with E-state index >= 15 is 0 Å². The summed E-state index contributed by atoms with van der Waals surface area (Å²) in [6.07, 6.45) is 3.11. The second-order valence-electron chi connectivity index (χ2n) is 5.94. The highest BCUT2D eigenvalue weighted by atomic mass is 127. The van der Waals surface area contributed by atoms with E-state index in [1.54, 1.807) is 9.12 Å². The Hall–Kier alpha value is -1.40. The highest BCUT2D eigenvalue weighted by molar-refractivity contribution is 14.2. The van der Waals surface area contributed by atoms with Gasteiger partial charge >= 0.3 is 0 Å². The van der Waals surface area contributed by atoms with Crippen LogP contribution in [0.2, 0.25) is 0 Å². The zero-order valence-corrected chi connectivity index (χ0v) is 16.0. The van der Waals surface area contributed by atoms with Gasteiger partial charge in [0.15, 0.2) is 0 Å². The van der Waals surface area contributed by atoms with E-state index in [4.69, 9.17) is 0 Å². The molecule has 0 saturated heterocycles. The van der Waals surface area contributed by atoms with Gasteiger partial charge in [-0.1, -0.05) is 30.3 Å². The Kier molecular flexibility index (Phi) is 3.89. The van der Waals surface area contributed by atoms with Gasteiger partial charge in [0.1, 0.15) is 0 Å². The quantitative estimate of drug-likeness (QED) is 0.384. The van der Waals surface area contributed by atoms with Crippen molar-refractivity contribution in [3.63, 3.8) is 0 Å².